The summed E-state index contributed by atoms with van der Waals surface area (Å²) in [6.07, 6.45) is 2.61. The van der Waals surface area contributed by atoms with Gasteiger partial charge < -0.3 is 10.6 Å². The van der Waals surface area contributed by atoms with Crippen LogP contribution >= 0.6 is 39.1 Å². The van der Waals surface area contributed by atoms with E-state index in [-0.39, 0.29) is 11.9 Å². The van der Waals surface area contributed by atoms with Crippen molar-refractivity contribution in [1.29, 1.82) is 0 Å². The zero-order valence-electron chi connectivity index (χ0n) is 9.60. The zero-order valence-corrected chi connectivity index (χ0v) is 12.7. The van der Waals surface area contributed by atoms with Gasteiger partial charge in [0, 0.05) is 16.9 Å². The lowest BCUT2D eigenvalue weighted by atomic mass is 10.1. The number of nitrogens with one attached hydrogen (secondary N) is 2. The summed E-state index contributed by atoms with van der Waals surface area (Å²) in [6, 6.07) is 3.67. The SMILES string of the molecule is O=C(CC1CCCN1)Nc1c(Cl)cc(Br)cc1Cl. The molecule has 18 heavy (non-hydrogen) atoms. The summed E-state index contributed by atoms with van der Waals surface area (Å²) < 4.78 is 0.785. The predicted octanol–water partition coefficient (Wildman–Crippen LogP) is 3.84. The molecule has 2 N–H and O–H groups in total. The molecular weight excluding hydrogens is 339 g/mol. The van der Waals surface area contributed by atoms with Crippen molar-refractivity contribution in [3.63, 3.8) is 0 Å². The van der Waals surface area contributed by atoms with E-state index in [1.807, 2.05) is 0 Å². The molecule has 0 aliphatic carbocycles. The molecule has 2 rings (SSSR count). The van der Waals surface area contributed by atoms with Crippen LogP contribution in [-0.4, -0.2) is 18.5 Å². The second-order valence-corrected chi connectivity index (χ2v) is 6.02. The third-order valence-corrected chi connectivity index (χ3v) is 3.92. The van der Waals surface area contributed by atoms with Gasteiger partial charge in [-0.25, -0.2) is 0 Å². The molecule has 0 bridgehead atoms. The Bertz CT molecular complexity index is 438. The summed E-state index contributed by atoms with van der Waals surface area (Å²) in [5.41, 5.74) is 0.476. The third-order valence-electron chi connectivity index (χ3n) is 2.87. The summed E-state index contributed by atoms with van der Waals surface area (Å²) in [6.45, 7) is 0.984. The van der Waals surface area contributed by atoms with Crippen LogP contribution in [0.3, 0.4) is 0 Å². The van der Waals surface area contributed by atoms with Gasteiger partial charge in [-0.15, -0.1) is 0 Å². The normalized spacial score (nSPS) is 18.9. The number of carbonyl (C=O) groups is 1. The highest BCUT2D eigenvalue weighted by Crippen LogP contribution is 2.33. The van der Waals surface area contributed by atoms with Crippen LogP contribution < -0.4 is 10.6 Å². The lowest BCUT2D eigenvalue weighted by molar-refractivity contribution is -0.116. The van der Waals surface area contributed by atoms with E-state index >= 15 is 0 Å². The van der Waals surface area contributed by atoms with Crippen molar-refractivity contribution < 1.29 is 4.79 Å². The van der Waals surface area contributed by atoms with Crippen molar-refractivity contribution in [1.82, 2.24) is 5.32 Å². The van der Waals surface area contributed by atoms with E-state index in [1.165, 1.54) is 0 Å². The van der Waals surface area contributed by atoms with Crippen LogP contribution in [0, 0.1) is 0 Å². The fraction of sp³-hybridized carbons (Fsp3) is 0.417. The molecule has 6 heteroatoms. The van der Waals surface area contributed by atoms with E-state index in [2.05, 4.69) is 26.6 Å². The van der Waals surface area contributed by atoms with Crippen molar-refractivity contribution in [2.45, 2.75) is 25.3 Å². The minimum Gasteiger partial charge on any atom is -0.323 e. The van der Waals surface area contributed by atoms with Crippen molar-refractivity contribution in [3.05, 3.63) is 26.7 Å². The molecule has 1 saturated heterocycles. The molecule has 1 atom stereocenters. The highest BCUT2D eigenvalue weighted by Gasteiger charge is 2.19. The lowest BCUT2D eigenvalue weighted by Crippen LogP contribution is -2.27. The number of halogens is 3. The number of carbonyl (C=O) groups excluding carboxylic acids is 1. The quantitative estimate of drug-likeness (QED) is 0.868. The first-order valence-corrected chi connectivity index (χ1v) is 7.29. The Morgan fingerprint density at radius 1 is 1.44 bits per heavy atom. The van der Waals surface area contributed by atoms with Crippen LogP contribution in [0.1, 0.15) is 19.3 Å². The molecule has 0 saturated carbocycles. The zero-order chi connectivity index (χ0) is 13.1. The molecule has 0 spiro atoms. The smallest absolute Gasteiger partial charge is 0.226 e. The third kappa shape index (κ3) is 3.60. The number of hydrogen-bond donors (Lipinski definition) is 2. The average Bonchev–Trinajstić information content (AvgIpc) is 2.76. The Labute approximate surface area is 124 Å². The standard InChI is InChI=1S/C12H13BrCl2N2O/c13-7-4-9(14)12(10(15)5-7)17-11(18)6-8-2-1-3-16-8/h4-5,8,16H,1-3,6H2,(H,17,18). The molecule has 0 aromatic heterocycles. The van der Waals surface area contributed by atoms with E-state index in [1.54, 1.807) is 12.1 Å². The molecule has 98 valence electrons. The maximum atomic E-state index is 11.9. The van der Waals surface area contributed by atoms with E-state index in [9.17, 15) is 4.79 Å². The minimum atomic E-state index is -0.0690. The number of hydrogen-bond acceptors (Lipinski definition) is 2. The van der Waals surface area contributed by atoms with Crippen LogP contribution in [0.4, 0.5) is 5.69 Å². The van der Waals surface area contributed by atoms with Crippen LogP contribution in [0.2, 0.25) is 10.0 Å². The maximum Gasteiger partial charge on any atom is 0.226 e. The lowest BCUT2D eigenvalue weighted by Gasteiger charge is -2.12. The van der Waals surface area contributed by atoms with Gasteiger partial charge in [0.2, 0.25) is 5.91 Å². The highest BCUT2D eigenvalue weighted by molar-refractivity contribution is 9.10. The van der Waals surface area contributed by atoms with Crippen LogP contribution in [0.25, 0.3) is 0 Å². The molecule has 3 nitrogen and oxygen atoms in total. The number of amides is 1. The molecular formula is C12H13BrCl2N2O. The van der Waals surface area contributed by atoms with Gasteiger partial charge >= 0.3 is 0 Å². The predicted molar refractivity (Wildman–Crippen MR) is 78.4 cm³/mol. The van der Waals surface area contributed by atoms with Crippen LogP contribution in [0.15, 0.2) is 16.6 Å². The second-order valence-electron chi connectivity index (χ2n) is 4.29. The van der Waals surface area contributed by atoms with Gasteiger partial charge in [-0.2, -0.15) is 0 Å². The van der Waals surface area contributed by atoms with Gasteiger partial charge in [0.05, 0.1) is 15.7 Å². The van der Waals surface area contributed by atoms with Gasteiger partial charge in [-0.05, 0) is 31.5 Å². The van der Waals surface area contributed by atoms with Gasteiger partial charge in [0.15, 0.2) is 0 Å². The fourth-order valence-electron chi connectivity index (χ4n) is 2.01. The largest absolute Gasteiger partial charge is 0.323 e. The fourth-order valence-corrected chi connectivity index (χ4v) is 3.31. The number of benzene rings is 1. The van der Waals surface area contributed by atoms with Gasteiger partial charge in [0.1, 0.15) is 0 Å². The van der Waals surface area contributed by atoms with Gasteiger partial charge in [-0.3, -0.25) is 4.79 Å². The summed E-state index contributed by atoms with van der Waals surface area (Å²) >= 11 is 15.4. The summed E-state index contributed by atoms with van der Waals surface area (Å²) in [4.78, 5) is 11.9. The van der Waals surface area contributed by atoms with Gasteiger partial charge in [-0.1, -0.05) is 39.1 Å². The topological polar surface area (TPSA) is 41.1 Å². The van der Waals surface area contributed by atoms with E-state index < -0.39 is 0 Å². The van der Waals surface area contributed by atoms with Crippen molar-refractivity contribution in [3.8, 4) is 0 Å². The Kier molecular flexibility index (Phi) is 4.90. The molecule has 1 aliphatic heterocycles. The van der Waals surface area contributed by atoms with E-state index in [0.29, 0.717) is 22.2 Å². The van der Waals surface area contributed by atoms with Crippen LogP contribution in [0.5, 0.6) is 0 Å². The summed E-state index contributed by atoms with van der Waals surface area (Å²) in [7, 11) is 0. The Hall–Kier alpha value is -0.290. The number of anilines is 1. The Morgan fingerprint density at radius 2 is 2.11 bits per heavy atom. The summed E-state index contributed by atoms with van der Waals surface area (Å²) in [5, 5.41) is 6.91. The molecule has 1 heterocycles. The maximum absolute atomic E-state index is 11.9. The minimum absolute atomic E-state index is 0.0690. The first-order valence-electron chi connectivity index (χ1n) is 5.74. The second kappa shape index (κ2) is 6.24. The van der Waals surface area contributed by atoms with Crippen molar-refractivity contribution in [2.24, 2.45) is 0 Å². The Balaban J connectivity index is 2.02. The molecule has 1 aromatic carbocycles. The Morgan fingerprint density at radius 3 is 2.67 bits per heavy atom. The molecule has 0 radical (unpaired) electrons. The van der Waals surface area contributed by atoms with Crippen LogP contribution in [-0.2, 0) is 4.79 Å². The molecule has 1 aromatic rings. The molecule has 1 aliphatic rings. The van der Waals surface area contributed by atoms with Gasteiger partial charge in [0.25, 0.3) is 0 Å². The number of rotatable bonds is 3. The first kappa shape index (κ1) is 14.1. The molecule has 1 amide bonds. The monoisotopic (exact) mass is 350 g/mol. The molecule has 1 unspecified atom stereocenters. The average molecular weight is 352 g/mol. The van der Waals surface area contributed by atoms with E-state index in [4.69, 9.17) is 23.2 Å². The van der Waals surface area contributed by atoms with Crippen molar-refractivity contribution >= 4 is 50.7 Å². The van der Waals surface area contributed by atoms with Crippen molar-refractivity contribution in [2.75, 3.05) is 11.9 Å². The molecule has 1 fully saturated rings. The van der Waals surface area contributed by atoms with E-state index in [0.717, 1.165) is 23.9 Å². The highest BCUT2D eigenvalue weighted by atomic mass is 79.9. The first-order chi connectivity index (χ1) is 8.56. The summed E-state index contributed by atoms with van der Waals surface area (Å²) in [5.74, 6) is -0.0690.